The summed E-state index contributed by atoms with van der Waals surface area (Å²) in [6, 6.07) is 5.25. The lowest BCUT2D eigenvalue weighted by atomic mass is 9.70. The second kappa shape index (κ2) is 13.9. The minimum absolute atomic E-state index is 0.120. The van der Waals surface area contributed by atoms with Crippen LogP contribution in [0.5, 0.6) is 5.75 Å². The minimum Gasteiger partial charge on any atom is -0.497 e. The molecule has 0 saturated carbocycles. The van der Waals surface area contributed by atoms with Crippen molar-refractivity contribution in [2.75, 3.05) is 31.7 Å². The van der Waals surface area contributed by atoms with Crippen LogP contribution in [0, 0.1) is 17.8 Å². The van der Waals surface area contributed by atoms with Crippen LogP contribution >= 0.6 is 0 Å². The average Bonchev–Trinajstić information content (AvgIpc) is 3.65. The van der Waals surface area contributed by atoms with Crippen molar-refractivity contribution < 1.29 is 38.5 Å². The van der Waals surface area contributed by atoms with Crippen molar-refractivity contribution in [2.45, 2.75) is 76.3 Å². The number of aliphatic hydroxyl groups excluding tert-OH is 1. The largest absolute Gasteiger partial charge is 0.497 e. The first-order valence-corrected chi connectivity index (χ1v) is 15.3. The number of fused-ring (bicyclic) bond motifs is 1. The Bertz CT molecular complexity index is 1250. The topological polar surface area (TPSA) is 135 Å². The van der Waals surface area contributed by atoms with E-state index in [9.17, 15) is 24.3 Å². The first-order chi connectivity index (χ1) is 21.0. The Labute approximate surface area is 259 Å². The van der Waals surface area contributed by atoms with Gasteiger partial charge in [-0.1, -0.05) is 26.0 Å². The van der Waals surface area contributed by atoms with Crippen molar-refractivity contribution in [3.05, 3.63) is 49.6 Å². The second-order valence-corrected chi connectivity index (χ2v) is 12.1. The number of amides is 3. The third-order valence-corrected chi connectivity index (χ3v) is 9.00. The molecule has 11 heteroatoms. The van der Waals surface area contributed by atoms with Gasteiger partial charge < -0.3 is 34.4 Å². The number of esters is 1. The zero-order valence-corrected chi connectivity index (χ0v) is 26.1. The molecule has 0 unspecified atom stereocenters. The molecule has 1 aromatic carbocycles. The highest BCUT2D eigenvalue weighted by Crippen LogP contribution is 2.59. The van der Waals surface area contributed by atoms with Gasteiger partial charge in [-0.15, -0.1) is 13.2 Å². The average molecular weight is 612 g/mol. The van der Waals surface area contributed by atoms with Gasteiger partial charge in [0.25, 0.3) is 5.91 Å². The Balaban J connectivity index is 1.66. The molecule has 3 heterocycles. The van der Waals surface area contributed by atoms with E-state index in [1.54, 1.807) is 55.4 Å². The van der Waals surface area contributed by atoms with Gasteiger partial charge in [0.2, 0.25) is 11.8 Å². The maximum atomic E-state index is 14.6. The van der Waals surface area contributed by atoms with E-state index >= 15 is 0 Å². The van der Waals surface area contributed by atoms with Crippen LogP contribution in [0.2, 0.25) is 0 Å². The monoisotopic (exact) mass is 611 g/mol. The van der Waals surface area contributed by atoms with Gasteiger partial charge in [0.1, 0.15) is 23.5 Å². The molecule has 1 aromatic rings. The molecular formula is C33H45N3O8. The molecule has 44 heavy (non-hydrogen) atoms. The predicted octanol–water partition coefficient (Wildman–Crippen LogP) is 2.62. The van der Waals surface area contributed by atoms with E-state index in [0.717, 1.165) is 0 Å². The predicted molar refractivity (Wildman–Crippen MR) is 164 cm³/mol. The first-order valence-electron chi connectivity index (χ1n) is 15.3. The number of hydrogen-bond acceptors (Lipinski definition) is 8. The SMILES string of the molecule is C=CCCC(=O)NC[C@H](C)OC(=O)[C@@H]1[C@H]2C(=O)N([C@@H](CO)C(C)C)[C@H](C(=O)N(CC=C)c3ccc(OC)cc3)[C@]23CC[C@H]1O3. The van der Waals surface area contributed by atoms with E-state index in [-0.39, 0.29) is 43.8 Å². The number of ether oxygens (including phenoxy) is 3. The maximum Gasteiger partial charge on any atom is 0.312 e. The number of carbonyl (C=O) groups is 4. The molecule has 0 aliphatic carbocycles. The van der Waals surface area contributed by atoms with Crippen molar-refractivity contribution in [3.63, 3.8) is 0 Å². The number of nitrogens with zero attached hydrogens (tertiary/aromatic N) is 2. The molecular weight excluding hydrogens is 566 g/mol. The van der Waals surface area contributed by atoms with Crippen molar-refractivity contribution in [3.8, 4) is 5.75 Å². The summed E-state index contributed by atoms with van der Waals surface area (Å²) >= 11 is 0. The summed E-state index contributed by atoms with van der Waals surface area (Å²) in [5.41, 5.74) is -0.681. The van der Waals surface area contributed by atoms with Gasteiger partial charge in [0.15, 0.2) is 0 Å². The molecule has 1 spiro atoms. The van der Waals surface area contributed by atoms with Crippen molar-refractivity contribution in [1.29, 1.82) is 0 Å². The zero-order chi connectivity index (χ0) is 32.2. The van der Waals surface area contributed by atoms with Gasteiger partial charge >= 0.3 is 5.97 Å². The van der Waals surface area contributed by atoms with E-state index in [2.05, 4.69) is 18.5 Å². The lowest BCUT2D eigenvalue weighted by Gasteiger charge is -2.40. The molecule has 3 aliphatic rings. The van der Waals surface area contributed by atoms with Crippen LogP contribution in [0.1, 0.15) is 46.5 Å². The normalized spacial score (nSPS) is 26.6. The van der Waals surface area contributed by atoms with Gasteiger partial charge in [-0.3, -0.25) is 19.2 Å². The summed E-state index contributed by atoms with van der Waals surface area (Å²) in [5.74, 6) is -2.99. The molecule has 0 aromatic heterocycles. The molecule has 2 bridgehead atoms. The Kier molecular flexibility index (Phi) is 10.5. The Hall–Kier alpha value is -3.70. The minimum atomic E-state index is -1.27. The third kappa shape index (κ3) is 6.12. The molecule has 7 atom stereocenters. The highest BCUT2D eigenvalue weighted by atomic mass is 16.6. The highest BCUT2D eigenvalue weighted by Gasteiger charge is 2.75. The van der Waals surface area contributed by atoms with Crippen LogP contribution in [-0.4, -0.2) is 90.4 Å². The molecule has 3 amide bonds. The number of anilines is 1. The summed E-state index contributed by atoms with van der Waals surface area (Å²) in [4.78, 5) is 57.7. The number of benzene rings is 1. The number of nitrogens with one attached hydrogen (secondary N) is 1. The quantitative estimate of drug-likeness (QED) is 0.228. The molecule has 3 saturated heterocycles. The number of carbonyl (C=O) groups excluding carboxylic acids is 4. The molecule has 11 nitrogen and oxygen atoms in total. The Morgan fingerprint density at radius 1 is 1.20 bits per heavy atom. The molecule has 3 fully saturated rings. The fourth-order valence-electron chi connectivity index (χ4n) is 6.87. The Morgan fingerprint density at radius 2 is 1.91 bits per heavy atom. The number of aliphatic hydroxyl groups is 1. The molecule has 3 aliphatic heterocycles. The van der Waals surface area contributed by atoms with Gasteiger partial charge in [-0.2, -0.15) is 0 Å². The van der Waals surface area contributed by atoms with Crippen LogP contribution in [-0.2, 0) is 28.7 Å². The van der Waals surface area contributed by atoms with Crippen LogP contribution in [0.25, 0.3) is 0 Å². The second-order valence-electron chi connectivity index (χ2n) is 12.1. The lowest BCUT2D eigenvalue weighted by molar-refractivity contribution is -0.160. The van der Waals surface area contributed by atoms with Gasteiger partial charge in [0, 0.05) is 18.7 Å². The van der Waals surface area contributed by atoms with E-state index in [0.29, 0.717) is 30.7 Å². The van der Waals surface area contributed by atoms with E-state index in [1.165, 1.54) is 4.90 Å². The summed E-state index contributed by atoms with van der Waals surface area (Å²) in [5, 5.41) is 13.2. The number of methoxy groups -OCH3 is 1. The smallest absolute Gasteiger partial charge is 0.312 e. The fraction of sp³-hybridized carbons (Fsp3) is 0.576. The molecule has 0 radical (unpaired) electrons. The zero-order valence-electron chi connectivity index (χ0n) is 26.1. The number of allylic oxidation sites excluding steroid dienone is 1. The summed E-state index contributed by atoms with van der Waals surface area (Å²) < 4.78 is 17.6. The summed E-state index contributed by atoms with van der Waals surface area (Å²) in [7, 11) is 1.56. The van der Waals surface area contributed by atoms with Gasteiger partial charge in [-0.05, 0) is 56.4 Å². The van der Waals surface area contributed by atoms with Crippen LogP contribution < -0.4 is 15.0 Å². The summed E-state index contributed by atoms with van der Waals surface area (Å²) in [6.07, 6.45) is 3.73. The Morgan fingerprint density at radius 3 is 2.50 bits per heavy atom. The van der Waals surface area contributed by atoms with Crippen molar-refractivity contribution in [2.24, 2.45) is 17.8 Å². The van der Waals surface area contributed by atoms with Gasteiger partial charge in [-0.25, -0.2) is 0 Å². The fourth-order valence-corrected chi connectivity index (χ4v) is 6.87. The van der Waals surface area contributed by atoms with Crippen LogP contribution in [0.15, 0.2) is 49.6 Å². The molecule has 4 rings (SSSR count). The maximum absolute atomic E-state index is 14.6. The lowest BCUT2D eigenvalue weighted by Crippen LogP contribution is -2.59. The van der Waals surface area contributed by atoms with E-state index in [1.807, 2.05) is 13.8 Å². The number of likely N-dealkylation sites (tertiary alicyclic amines) is 1. The van der Waals surface area contributed by atoms with Crippen LogP contribution in [0.4, 0.5) is 5.69 Å². The molecule has 240 valence electrons. The first kappa shape index (κ1) is 33.2. The standard InChI is InChI=1S/C33H45N3O8/c1-7-9-10-26(38)34-18-21(5)43-32(41)27-25-15-16-33(44-25)28(27)30(39)36(24(19-37)20(3)4)29(33)31(40)35(17-8-2)22-11-13-23(42-6)14-12-22/h7-8,11-14,20-21,24-25,27-29,37H,1-2,9-10,15-19H2,3-6H3,(H,34,38)/t21-,24-,25+,27-,28-,29+,33-/m0/s1. The highest BCUT2D eigenvalue weighted by molar-refractivity contribution is 6.05. The van der Waals surface area contributed by atoms with Gasteiger partial charge in [0.05, 0.1) is 44.2 Å². The van der Waals surface area contributed by atoms with Crippen LogP contribution in [0.3, 0.4) is 0 Å². The third-order valence-electron chi connectivity index (χ3n) is 9.00. The number of hydrogen-bond donors (Lipinski definition) is 2. The van der Waals surface area contributed by atoms with Crippen molar-refractivity contribution in [1.82, 2.24) is 10.2 Å². The summed E-state index contributed by atoms with van der Waals surface area (Å²) in [6.45, 7) is 12.8. The van der Waals surface area contributed by atoms with E-state index in [4.69, 9.17) is 14.2 Å². The molecule has 2 N–H and O–H groups in total. The number of rotatable bonds is 15. The van der Waals surface area contributed by atoms with Crippen molar-refractivity contribution >= 4 is 29.4 Å². The van der Waals surface area contributed by atoms with E-state index < -0.39 is 53.6 Å².